The topological polar surface area (TPSA) is 70.0 Å². The van der Waals surface area contributed by atoms with Crippen molar-refractivity contribution in [2.24, 2.45) is 11.7 Å². The molecule has 0 spiro atoms. The summed E-state index contributed by atoms with van der Waals surface area (Å²) in [4.78, 5) is 0. The maximum atomic E-state index is 10.0. The minimum atomic E-state index is -0.179. The van der Waals surface area contributed by atoms with Gasteiger partial charge in [0.05, 0.1) is 16.1 Å². The summed E-state index contributed by atoms with van der Waals surface area (Å²) in [6, 6.07) is 5.21. The smallest absolute Gasteiger partial charge is 0.134 e. The highest BCUT2D eigenvalue weighted by Crippen LogP contribution is 2.40. The largest absolute Gasteiger partial charge is 0.506 e. The lowest BCUT2D eigenvalue weighted by atomic mass is 9.91. The van der Waals surface area contributed by atoms with Gasteiger partial charge in [0.25, 0.3) is 0 Å². The summed E-state index contributed by atoms with van der Waals surface area (Å²) < 4.78 is 0.542. The average Bonchev–Trinajstić information content (AvgIpc) is 2.85. The van der Waals surface area contributed by atoms with Gasteiger partial charge in [0.1, 0.15) is 5.75 Å². The highest BCUT2D eigenvalue weighted by atomic mass is 79.9. The zero-order valence-corrected chi connectivity index (χ0v) is 11.1. The van der Waals surface area contributed by atoms with Crippen LogP contribution in [0.25, 0.3) is 0 Å². The van der Waals surface area contributed by atoms with Gasteiger partial charge < -0.3 is 10.8 Å². The van der Waals surface area contributed by atoms with E-state index in [1.807, 2.05) is 0 Å². The van der Waals surface area contributed by atoms with E-state index in [9.17, 15) is 5.11 Å². The fourth-order valence-corrected chi connectivity index (χ4v) is 2.98. The maximum Gasteiger partial charge on any atom is 0.134 e. The Kier molecular flexibility index (Phi) is 3.70. The third-order valence-electron chi connectivity index (χ3n) is 3.49. The predicted molar refractivity (Wildman–Crippen MR) is 69.4 cm³/mol. The first-order valence-corrected chi connectivity index (χ1v) is 6.61. The fourth-order valence-electron chi connectivity index (χ4n) is 2.51. The Morgan fingerprint density at radius 1 is 1.41 bits per heavy atom. The van der Waals surface area contributed by atoms with Crippen LogP contribution in [0, 0.1) is 17.2 Å². The van der Waals surface area contributed by atoms with E-state index < -0.39 is 0 Å². The Labute approximate surface area is 109 Å². The molecule has 2 rings (SSSR count). The van der Waals surface area contributed by atoms with E-state index in [2.05, 4.69) is 22.0 Å². The second-order valence-electron chi connectivity index (χ2n) is 4.58. The quantitative estimate of drug-likeness (QED) is 0.880. The molecule has 0 heterocycles. The molecule has 1 aliphatic carbocycles. The Balaban J connectivity index is 2.36. The molecule has 1 fully saturated rings. The number of hydrogen-bond acceptors (Lipinski definition) is 3. The van der Waals surface area contributed by atoms with Gasteiger partial charge in [-0.15, -0.1) is 0 Å². The highest BCUT2D eigenvalue weighted by Gasteiger charge is 2.26. The van der Waals surface area contributed by atoms with Gasteiger partial charge in [0.15, 0.2) is 0 Å². The highest BCUT2D eigenvalue weighted by molar-refractivity contribution is 9.10. The number of nitrogens with zero attached hydrogens (tertiary/aromatic N) is 1. The Morgan fingerprint density at radius 2 is 2.06 bits per heavy atom. The van der Waals surface area contributed by atoms with Crippen molar-refractivity contribution in [3.63, 3.8) is 0 Å². The zero-order chi connectivity index (χ0) is 12.4. The van der Waals surface area contributed by atoms with Crippen molar-refractivity contribution >= 4 is 15.9 Å². The zero-order valence-electron chi connectivity index (χ0n) is 9.49. The summed E-state index contributed by atoms with van der Waals surface area (Å²) in [6.45, 7) is 0. The van der Waals surface area contributed by atoms with E-state index in [0.717, 1.165) is 12.8 Å². The number of aromatic hydroxyl groups is 1. The minimum Gasteiger partial charge on any atom is -0.506 e. The second-order valence-corrected chi connectivity index (χ2v) is 5.43. The van der Waals surface area contributed by atoms with E-state index in [1.54, 1.807) is 12.1 Å². The molecule has 17 heavy (non-hydrogen) atoms. The third kappa shape index (κ3) is 2.46. The van der Waals surface area contributed by atoms with Crippen LogP contribution in [0.2, 0.25) is 0 Å². The number of benzene rings is 1. The Morgan fingerprint density at radius 3 is 2.65 bits per heavy atom. The van der Waals surface area contributed by atoms with E-state index in [4.69, 9.17) is 11.0 Å². The molecule has 1 saturated carbocycles. The normalized spacial score (nSPS) is 17.9. The van der Waals surface area contributed by atoms with Crippen LogP contribution in [0.3, 0.4) is 0 Å². The molecule has 0 aliphatic heterocycles. The molecule has 0 amide bonds. The average molecular weight is 295 g/mol. The molecule has 0 aromatic heterocycles. The van der Waals surface area contributed by atoms with E-state index in [0.29, 0.717) is 21.5 Å². The summed E-state index contributed by atoms with van der Waals surface area (Å²) in [5.74, 6) is 0.588. The molecule has 1 atom stereocenters. The van der Waals surface area contributed by atoms with Crippen molar-refractivity contribution in [2.75, 3.05) is 0 Å². The number of nitrogens with two attached hydrogens (primary N) is 1. The molecule has 1 aromatic rings. The van der Waals surface area contributed by atoms with Gasteiger partial charge >= 0.3 is 0 Å². The van der Waals surface area contributed by atoms with E-state index in [-0.39, 0.29) is 11.8 Å². The van der Waals surface area contributed by atoms with Crippen LogP contribution in [0.4, 0.5) is 0 Å². The third-order valence-corrected chi connectivity index (χ3v) is 4.09. The van der Waals surface area contributed by atoms with Gasteiger partial charge in [0, 0.05) is 11.6 Å². The van der Waals surface area contributed by atoms with Crippen LogP contribution in [-0.4, -0.2) is 5.11 Å². The molecule has 4 heteroatoms. The van der Waals surface area contributed by atoms with Crippen LogP contribution in [-0.2, 0) is 0 Å². The van der Waals surface area contributed by atoms with Gasteiger partial charge in [-0.2, -0.15) is 5.26 Å². The number of hydrogen-bond donors (Lipinski definition) is 2. The monoisotopic (exact) mass is 294 g/mol. The number of phenolic OH excluding ortho intramolecular Hbond substituents is 1. The van der Waals surface area contributed by atoms with Gasteiger partial charge in [-0.3, -0.25) is 0 Å². The fraction of sp³-hybridized carbons (Fsp3) is 0.462. The standard InChI is InChI=1S/C13H15BrN2O/c14-11-6-8(7-15)5-10(13(11)17)12(16)9-3-1-2-4-9/h5-6,9,12,17H,1-4,16H2/t12-/m1/s1. The number of rotatable bonds is 2. The molecule has 0 unspecified atom stereocenters. The van der Waals surface area contributed by atoms with Crippen LogP contribution in [0.15, 0.2) is 16.6 Å². The lowest BCUT2D eigenvalue weighted by Gasteiger charge is -2.21. The number of halogens is 1. The van der Waals surface area contributed by atoms with Gasteiger partial charge in [-0.25, -0.2) is 0 Å². The van der Waals surface area contributed by atoms with E-state index in [1.165, 1.54) is 12.8 Å². The van der Waals surface area contributed by atoms with Crippen molar-refractivity contribution in [1.29, 1.82) is 5.26 Å². The first-order valence-electron chi connectivity index (χ1n) is 5.81. The number of phenols is 1. The summed E-state index contributed by atoms with van der Waals surface area (Å²) in [6.07, 6.45) is 4.63. The van der Waals surface area contributed by atoms with Crippen LogP contribution < -0.4 is 5.73 Å². The van der Waals surface area contributed by atoms with Gasteiger partial charge in [-0.05, 0) is 46.8 Å². The van der Waals surface area contributed by atoms with Crippen LogP contribution >= 0.6 is 15.9 Å². The Bertz CT molecular complexity index is 461. The van der Waals surface area contributed by atoms with Gasteiger partial charge in [0.2, 0.25) is 0 Å². The summed E-state index contributed by atoms with van der Waals surface area (Å²) in [7, 11) is 0. The van der Waals surface area contributed by atoms with Crippen molar-refractivity contribution < 1.29 is 5.11 Å². The Hall–Kier alpha value is -1.05. The molecular formula is C13H15BrN2O. The molecule has 3 nitrogen and oxygen atoms in total. The number of nitriles is 1. The summed E-state index contributed by atoms with van der Waals surface area (Å²) >= 11 is 3.26. The molecule has 0 radical (unpaired) electrons. The van der Waals surface area contributed by atoms with Crippen LogP contribution in [0.5, 0.6) is 5.75 Å². The molecule has 3 N–H and O–H groups in total. The second kappa shape index (κ2) is 5.07. The lowest BCUT2D eigenvalue weighted by Crippen LogP contribution is -2.19. The molecule has 1 aliphatic rings. The van der Waals surface area contributed by atoms with Crippen LogP contribution in [0.1, 0.15) is 42.9 Å². The van der Waals surface area contributed by atoms with Crippen molar-refractivity contribution in [2.45, 2.75) is 31.7 Å². The first-order chi connectivity index (χ1) is 8.13. The minimum absolute atomic E-state index is 0.170. The molecule has 1 aromatic carbocycles. The lowest BCUT2D eigenvalue weighted by molar-refractivity contribution is 0.411. The van der Waals surface area contributed by atoms with Crippen molar-refractivity contribution in [1.82, 2.24) is 0 Å². The van der Waals surface area contributed by atoms with Crippen molar-refractivity contribution in [3.05, 3.63) is 27.7 Å². The summed E-state index contributed by atoms with van der Waals surface area (Å²) in [5.41, 5.74) is 7.41. The molecule has 0 saturated heterocycles. The molecule has 0 bridgehead atoms. The van der Waals surface area contributed by atoms with Crippen molar-refractivity contribution in [3.8, 4) is 11.8 Å². The van der Waals surface area contributed by atoms with Gasteiger partial charge in [-0.1, -0.05) is 12.8 Å². The summed E-state index contributed by atoms with van der Waals surface area (Å²) in [5, 5.41) is 18.9. The SMILES string of the molecule is N#Cc1cc(Br)c(O)c([C@H](N)C2CCCC2)c1. The van der Waals surface area contributed by atoms with E-state index >= 15 is 0 Å². The predicted octanol–water partition coefficient (Wildman–Crippen LogP) is 3.22. The first kappa shape index (κ1) is 12.4. The maximum absolute atomic E-state index is 10.0. The molecule has 90 valence electrons. The molecular weight excluding hydrogens is 280 g/mol.